The summed E-state index contributed by atoms with van der Waals surface area (Å²) in [5.41, 5.74) is 0. The van der Waals surface area contributed by atoms with E-state index in [4.69, 9.17) is 11.0 Å². The number of aliphatic imine (C=N–C) groups is 1. The molecule has 1 aromatic heterocycles. The van der Waals surface area contributed by atoms with E-state index in [2.05, 4.69) is 11.2 Å². The minimum absolute atomic E-state index is 0. The number of aldehydes is 1. The molecular weight excluding hydrogens is 243 g/mol. The molecule has 0 N–H and O–H groups in total. The molecule has 65 valence electrons. The molecule has 0 aliphatic heterocycles. The molecule has 1 radical (unpaired) electrons. The van der Waals surface area contributed by atoms with Gasteiger partial charge in [0.25, 0.3) is 0 Å². The molecule has 0 amide bonds. The fourth-order valence-corrected chi connectivity index (χ4v) is 0.729. The van der Waals surface area contributed by atoms with E-state index in [9.17, 15) is 4.79 Å². The first kappa shape index (κ1) is 12.5. The average molecular weight is 250 g/mol. The summed E-state index contributed by atoms with van der Waals surface area (Å²) in [7, 11) is 0. The third kappa shape index (κ3) is 4.29. The Morgan fingerprint density at radius 1 is 1.62 bits per heavy atom. The largest absolute Gasteiger partial charge is 0.601 e. The van der Waals surface area contributed by atoms with Crippen molar-refractivity contribution < 1.29 is 41.9 Å². The maximum atomic E-state index is 10.2. The number of hydrogen-bond donors (Lipinski definition) is 0. The molecular formula is C9H7NO2Y-2. The summed E-state index contributed by atoms with van der Waals surface area (Å²) in [6.45, 7) is 4.98. The third-order valence-electron chi connectivity index (χ3n) is 1.22. The summed E-state index contributed by atoms with van der Waals surface area (Å²) < 4.78 is 5.03. The summed E-state index contributed by atoms with van der Waals surface area (Å²) in [6, 6.07) is 3.29. The number of nitrogens with zero attached hydrogens (tertiary/aromatic N) is 1. The molecule has 4 heteroatoms. The van der Waals surface area contributed by atoms with E-state index in [1.165, 1.54) is 0 Å². The van der Waals surface area contributed by atoms with Crippen LogP contribution in [0.2, 0.25) is 0 Å². The molecule has 0 saturated carbocycles. The van der Waals surface area contributed by atoms with Gasteiger partial charge in [-0.2, -0.15) is 6.21 Å². The van der Waals surface area contributed by atoms with Gasteiger partial charge in [0.2, 0.25) is 0 Å². The van der Waals surface area contributed by atoms with Crippen LogP contribution in [-0.2, 0) is 39.1 Å². The standard InChI is InChI=1S/C9H7NO2.Y/c1-2-10-6-5-8-3-4-9(7-11)12-8;/h1-4,7H,5H2;/q-2;. The Hall–Kier alpha value is -0.536. The number of furan rings is 1. The molecule has 0 atom stereocenters. The second kappa shape index (κ2) is 6.92. The van der Waals surface area contributed by atoms with Gasteiger partial charge in [-0.05, 0) is 18.6 Å². The topological polar surface area (TPSA) is 42.6 Å². The number of rotatable bonds is 4. The predicted molar refractivity (Wildman–Crippen MR) is 44.1 cm³/mol. The van der Waals surface area contributed by atoms with Crippen molar-refractivity contribution in [1.82, 2.24) is 0 Å². The smallest absolute Gasteiger partial charge is 0.185 e. The summed E-state index contributed by atoms with van der Waals surface area (Å²) in [5.74, 6) is 0.950. The Bertz CT molecular complexity index is 304. The molecule has 0 saturated heterocycles. The second-order valence-corrected chi connectivity index (χ2v) is 2.03. The zero-order chi connectivity index (χ0) is 8.81. The van der Waals surface area contributed by atoms with E-state index in [-0.39, 0.29) is 32.7 Å². The van der Waals surface area contributed by atoms with Crippen LogP contribution in [-0.4, -0.2) is 12.5 Å². The third-order valence-corrected chi connectivity index (χ3v) is 1.22. The zero-order valence-electron chi connectivity index (χ0n) is 6.93. The SMILES string of the molecule is [CH-]=CN=[C-]Cc1ccc(C=O)o1.[Y]. The van der Waals surface area contributed by atoms with Gasteiger partial charge in [-0.1, -0.05) is 0 Å². The Kier molecular flexibility index (Phi) is 6.64. The molecule has 0 unspecified atom stereocenters. The van der Waals surface area contributed by atoms with Gasteiger partial charge < -0.3 is 22.2 Å². The fraction of sp³-hybridized carbons (Fsp3) is 0.111. The van der Waals surface area contributed by atoms with Crippen molar-refractivity contribution >= 4 is 12.5 Å². The van der Waals surface area contributed by atoms with Crippen LogP contribution < -0.4 is 0 Å². The average Bonchev–Trinajstić information content (AvgIpc) is 2.53. The van der Waals surface area contributed by atoms with E-state index in [0.717, 1.165) is 6.20 Å². The van der Waals surface area contributed by atoms with Crippen molar-refractivity contribution in [2.24, 2.45) is 4.99 Å². The molecule has 0 spiro atoms. The normalized spacial score (nSPS) is 9.54. The number of carbonyl (C=O) groups excluding carboxylic acids is 1. The molecule has 1 heterocycles. The minimum Gasteiger partial charge on any atom is -0.601 e. The van der Waals surface area contributed by atoms with Gasteiger partial charge in [-0.3, -0.25) is 4.79 Å². The predicted octanol–water partition coefficient (Wildman–Crippen LogP) is 1.53. The fourth-order valence-electron chi connectivity index (χ4n) is 0.729. The van der Waals surface area contributed by atoms with Crippen LogP contribution in [0, 0.1) is 6.58 Å². The molecule has 0 bridgehead atoms. The Labute approximate surface area is 102 Å². The molecule has 13 heavy (non-hydrogen) atoms. The van der Waals surface area contributed by atoms with Crippen molar-refractivity contribution in [3.8, 4) is 0 Å². The van der Waals surface area contributed by atoms with Crippen molar-refractivity contribution in [3.63, 3.8) is 0 Å². The van der Waals surface area contributed by atoms with Gasteiger partial charge >= 0.3 is 0 Å². The van der Waals surface area contributed by atoms with Crippen molar-refractivity contribution in [2.45, 2.75) is 6.42 Å². The van der Waals surface area contributed by atoms with Gasteiger partial charge in [-0.15, -0.1) is 0 Å². The summed E-state index contributed by atoms with van der Waals surface area (Å²) in [5, 5.41) is 0. The van der Waals surface area contributed by atoms with Gasteiger partial charge in [0.1, 0.15) is 0 Å². The van der Waals surface area contributed by atoms with Crippen molar-refractivity contribution in [1.29, 1.82) is 0 Å². The Balaban J connectivity index is 0.00000144. The van der Waals surface area contributed by atoms with Crippen LogP contribution >= 0.6 is 0 Å². The monoisotopic (exact) mass is 250 g/mol. The molecule has 0 aromatic carbocycles. The van der Waals surface area contributed by atoms with Crippen LogP contribution in [0.3, 0.4) is 0 Å². The van der Waals surface area contributed by atoms with E-state index in [0.29, 0.717) is 24.2 Å². The van der Waals surface area contributed by atoms with E-state index >= 15 is 0 Å². The zero-order valence-corrected chi connectivity index (χ0v) is 9.77. The number of carbonyl (C=O) groups is 1. The summed E-state index contributed by atoms with van der Waals surface area (Å²) in [6.07, 6.45) is 4.83. The maximum Gasteiger partial charge on any atom is 0.185 e. The van der Waals surface area contributed by atoms with Crippen molar-refractivity contribution in [2.75, 3.05) is 0 Å². The minimum atomic E-state index is 0. The van der Waals surface area contributed by atoms with Crippen LogP contribution in [0.4, 0.5) is 0 Å². The van der Waals surface area contributed by atoms with Crippen LogP contribution in [0.25, 0.3) is 0 Å². The number of hydrogen-bond acceptors (Lipinski definition) is 3. The first-order chi connectivity index (χ1) is 5.86. The van der Waals surface area contributed by atoms with Gasteiger partial charge in [0.05, 0.1) is 5.76 Å². The van der Waals surface area contributed by atoms with Crippen molar-refractivity contribution in [3.05, 3.63) is 36.4 Å². The van der Waals surface area contributed by atoms with Gasteiger partial charge in [0.15, 0.2) is 12.0 Å². The van der Waals surface area contributed by atoms with Crippen LogP contribution in [0.1, 0.15) is 16.3 Å². The first-order valence-corrected chi connectivity index (χ1v) is 3.37. The molecule has 1 aromatic rings. The van der Waals surface area contributed by atoms with Crippen LogP contribution in [0.15, 0.2) is 27.7 Å². The molecule has 1 rings (SSSR count). The molecule has 0 fully saturated rings. The summed E-state index contributed by atoms with van der Waals surface area (Å²) in [4.78, 5) is 13.7. The Morgan fingerprint density at radius 2 is 2.38 bits per heavy atom. The van der Waals surface area contributed by atoms with E-state index in [1.807, 2.05) is 0 Å². The quantitative estimate of drug-likeness (QED) is 0.462. The molecule has 0 aliphatic carbocycles. The van der Waals surface area contributed by atoms with E-state index < -0.39 is 0 Å². The van der Waals surface area contributed by atoms with Crippen LogP contribution in [0.5, 0.6) is 0 Å². The molecule has 3 nitrogen and oxygen atoms in total. The van der Waals surface area contributed by atoms with Gasteiger partial charge in [-0.25, -0.2) is 0 Å². The Morgan fingerprint density at radius 3 is 2.92 bits per heavy atom. The first-order valence-electron chi connectivity index (χ1n) is 3.37. The molecule has 0 aliphatic rings. The van der Waals surface area contributed by atoms with E-state index in [1.54, 1.807) is 12.1 Å². The van der Waals surface area contributed by atoms with Gasteiger partial charge in [0, 0.05) is 32.7 Å². The summed E-state index contributed by atoms with van der Waals surface area (Å²) >= 11 is 0. The maximum absolute atomic E-state index is 10.2. The second-order valence-electron chi connectivity index (χ2n) is 2.03.